The summed E-state index contributed by atoms with van der Waals surface area (Å²) in [6.45, 7) is -0.187. The van der Waals surface area contributed by atoms with Crippen LogP contribution < -0.4 is 4.90 Å². The lowest BCUT2D eigenvalue weighted by Gasteiger charge is -2.15. The first-order valence-electron chi connectivity index (χ1n) is 5.59. The fourth-order valence-corrected chi connectivity index (χ4v) is 1.62. The molecule has 1 heterocycles. The Balaban J connectivity index is 2.34. The second-order valence-electron chi connectivity index (χ2n) is 3.97. The van der Waals surface area contributed by atoms with Crippen molar-refractivity contribution in [2.45, 2.75) is 0 Å². The molecule has 5 nitrogen and oxygen atoms in total. The van der Waals surface area contributed by atoms with Crippen LogP contribution in [0.2, 0.25) is 0 Å². The van der Waals surface area contributed by atoms with Crippen LogP contribution in [0.15, 0.2) is 36.5 Å². The topological polar surface area (TPSA) is 66.3 Å². The molecule has 98 valence electrons. The highest BCUT2D eigenvalue weighted by Gasteiger charge is 2.11. The van der Waals surface area contributed by atoms with E-state index in [2.05, 4.69) is 9.97 Å². The van der Waals surface area contributed by atoms with E-state index in [-0.39, 0.29) is 17.9 Å². The van der Waals surface area contributed by atoms with Crippen LogP contribution >= 0.6 is 0 Å². The molecule has 2 aromatic rings. The molecule has 0 spiro atoms. The number of carbonyl (C=O) groups is 1. The van der Waals surface area contributed by atoms with Crippen molar-refractivity contribution in [1.82, 2.24) is 9.97 Å². The van der Waals surface area contributed by atoms with Crippen molar-refractivity contribution in [3.8, 4) is 11.4 Å². The quantitative estimate of drug-likeness (QED) is 0.909. The van der Waals surface area contributed by atoms with E-state index in [1.54, 1.807) is 31.3 Å². The molecule has 0 saturated heterocycles. The maximum Gasteiger partial charge on any atom is 0.323 e. The summed E-state index contributed by atoms with van der Waals surface area (Å²) in [4.78, 5) is 20.3. The Morgan fingerprint density at radius 3 is 2.79 bits per heavy atom. The molecule has 0 aliphatic heterocycles. The summed E-state index contributed by atoms with van der Waals surface area (Å²) in [6, 6.07) is 7.75. The molecule has 0 bridgehead atoms. The molecular formula is C13H12FN3O2. The minimum atomic E-state index is -0.964. The average molecular weight is 261 g/mol. The van der Waals surface area contributed by atoms with E-state index < -0.39 is 11.8 Å². The number of rotatable bonds is 4. The number of hydrogen-bond donors (Lipinski definition) is 1. The lowest BCUT2D eigenvalue weighted by atomic mass is 10.2. The Morgan fingerprint density at radius 1 is 1.37 bits per heavy atom. The fourth-order valence-electron chi connectivity index (χ4n) is 1.62. The van der Waals surface area contributed by atoms with Gasteiger partial charge in [-0.3, -0.25) is 4.79 Å². The Hall–Kier alpha value is -2.50. The van der Waals surface area contributed by atoms with Crippen LogP contribution in [0.1, 0.15) is 0 Å². The van der Waals surface area contributed by atoms with Gasteiger partial charge in [0.15, 0.2) is 5.82 Å². The van der Waals surface area contributed by atoms with Gasteiger partial charge in [-0.05, 0) is 18.2 Å². The summed E-state index contributed by atoms with van der Waals surface area (Å²) in [6.07, 6.45) is 1.47. The van der Waals surface area contributed by atoms with Crippen LogP contribution in [0.3, 0.4) is 0 Å². The summed E-state index contributed by atoms with van der Waals surface area (Å²) in [5.41, 5.74) is 0.285. The molecule has 19 heavy (non-hydrogen) atoms. The minimum absolute atomic E-state index is 0.187. The smallest absolute Gasteiger partial charge is 0.323 e. The normalized spacial score (nSPS) is 10.2. The molecule has 0 aliphatic rings. The highest BCUT2D eigenvalue weighted by molar-refractivity contribution is 5.73. The lowest BCUT2D eigenvalue weighted by Crippen LogP contribution is -2.26. The number of carboxylic acids is 1. The zero-order chi connectivity index (χ0) is 13.8. The van der Waals surface area contributed by atoms with Gasteiger partial charge in [0.25, 0.3) is 0 Å². The number of nitrogens with zero attached hydrogens (tertiary/aromatic N) is 3. The van der Waals surface area contributed by atoms with E-state index in [0.717, 1.165) is 0 Å². The number of benzene rings is 1. The van der Waals surface area contributed by atoms with E-state index in [9.17, 15) is 9.18 Å². The third-order valence-corrected chi connectivity index (χ3v) is 2.52. The van der Waals surface area contributed by atoms with Gasteiger partial charge < -0.3 is 10.0 Å². The van der Waals surface area contributed by atoms with Gasteiger partial charge in [-0.25, -0.2) is 14.4 Å². The van der Waals surface area contributed by atoms with E-state index in [1.807, 2.05) is 0 Å². The number of aromatic nitrogens is 2. The van der Waals surface area contributed by atoms with Crippen LogP contribution in [0.5, 0.6) is 0 Å². The number of hydrogen-bond acceptors (Lipinski definition) is 4. The van der Waals surface area contributed by atoms with Crippen molar-refractivity contribution in [2.75, 3.05) is 18.5 Å². The molecule has 6 heteroatoms. The first-order chi connectivity index (χ1) is 9.08. The lowest BCUT2D eigenvalue weighted by molar-refractivity contribution is -0.135. The number of halogens is 1. The minimum Gasteiger partial charge on any atom is -0.480 e. The van der Waals surface area contributed by atoms with Crippen LogP contribution in [-0.4, -0.2) is 34.6 Å². The molecule has 2 rings (SSSR count). The van der Waals surface area contributed by atoms with E-state index in [4.69, 9.17) is 5.11 Å². The summed E-state index contributed by atoms with van der Waals surface area (Å²) >= 11 is 0. The van der Waals surface area contributed by atoms with Crippen molar-refractivity contribution in [3.63, 3.8) is 0 Å². The Kier molecular flexibility index (Phi) is 3.70. The van der Waals surface area contributed by atoms with Crippen LogP contribution in [0.4, 0.5) is 10.2 Å². The molecule has 0 aliphatic carbocycles. The molecule has 0 radical (unpaired) electrons. The van der Waals surface area contributed by atoms with Crippen LogP contribution in [0, 0.1) is 5.82 Å². The monoisotopic (exact) mass is 261 g/mol. The number of likely N-dealkylation sites (N-methyl/N-ethyl adjacent to an activating group) is 1. The summed E-state index contributed by atoms with van der Waals surface area (Å²) in [7, 11) is 1.60. The largest absolute Gasteiger partial charge is 0.480 e. The van der Waals surface area contributed by atoms with Crippen molar-refractivity contribution >= 4 is 11.8 Å². The van der Waals surface area contributed by atoms with Crippen LogP contribution in [0.25, 0.3) is 11.4 Å². The zero-order valence-electron chi connectivity index (χ0n) is 10.2. The molecule has 0 saturated carbocycles. The van der Waals surface area contributed by atoms with E-state index in [1.165, 1.54) is 17.2 Å². The fraction of sp³-hybridized carbons (Fsp3) is 0.154. The van der Waals surface area contributed by atoms with Gasteiger partial charge in [-0.2, -0.15) is 0 Å². The predicted molar refractivity (Wildman–Crippen MR) is 68.3 cm³/mol. The predicted octanol–water partition coefficient (Wildman–Crippen LogP) is 1.80. The second kappa shape index (κ2) is 5.43. The van der Waals surface area contributed by atoms with Crippen molar-refractivity contribution < 1.29 is 14.3 Å². The van der Waals surface area contributed by atoms with E-state index >= 15 is 0 Å². The third kappa shape index (κ3) is 3.04. The highest BCUT2D eigenvalue weighted by atomic mass is 19.1. The van der Waals surface area contributed by atoms with Gasteiger partial charge in [0.1, 0.15) is 18.2 Å². The standard InChI is InChI=1S/C13H12FN3O2/c1-17(8-12(18)19)11-6-7-15-13(16-11)9-4-2-3-5-10(9)14/h2-7H,8H2,1H3,(H,18,19). The SMILES string of the molecule is CN(CC(=O)O)c1ccnc(-c2ccccc2F)n1. The molecule has 0 fully saturated rings. The summed E-state index contributed by atoms with van der Waals surface area (Å²) in [5, 5.41) is 8.73. The number of aliphatic carboxylic acids is 1. The zero-order valence-corrected chi connectivity index (χ0v) is 10.2. The van der Waals surface area contributed by atoms with Gasteiger partial charge >= 0.3 is 5.97 Å². The molecule has 1 aromatic heterocycles. The third-order valence-electron chi connectivity index (χ3n) is 2.52. The maximum atomic E-state index is 13.6. The molecular weight excluding hydrogens is 249 g/mol. The van der Waals surface area contributed by atoms with E-state index in [0.29, 0.717) is 5.82 Å². The Bertz CT molecular complexity index is 604. The summed E-state index contributed by atoms with van der Waals surface area (Å²) in [5.74, 6) is -0.724. The Labute approximate surface area is 109 Å². The summed E-state index contributed by atoms with van der Waals surface area (Å²) < 4.78 is 13.6. The highest BCUT2D eigenvalue weighted by Crippen LogP contribution is 2.20. The van der Waals surface area contributed by atoms with Gasteiger partial charge in [-0.1, -0.05) is 12.1 Å². The average Bonchev–Trinajstić information content (AvgIpc) is 2.38. The van der Waals surface area contributed by atoms with Gasteiger partial charge in [0.2, 0.25) is 0 Å². The van der Waals surface area contributed by atoms with Crippen LogP contribution in [-0.2, 0) is 4.79 Å². The maximum absolute atomic E-state index is 13.6. The molecule has 1 N–H and O–H groups in total. The molecule has 1 aromatic carbocycles. The van der Waals surface area contributed by atoms with Gasteiger partial charge in [-0.15, -0.1) is 0 Å². The van der Waals surface area contributed by atoms with Crippen molar-refractivity contribution in [3.05, 3.63) is 42.3 Å². The number of carboxylic acid groups (broad SMARTS) is 1. The van der Waals surface area contributed by atoms with Gasteiger partial charge in [0, 0.05) is 13.2 Å². The molecule has 0 amide bonds. The first-order valence-corrected chi connectivity index (χ1v) is 5.59. The van der Waals surface area contributed by atoms with Crippen molar-refractivity contribution in [2.24, 2.45) is 0 Å². The number of anilines is 1. The second-order valence-corrected chi connectivity index (χ2v) is 3.97. The first kappa shape index (κ1) is 12.9. The van der Waals surface area contributed by atoms with Gasteiger partial charge in [0.05, 0.1) is 5.56 Å². The molecule has 0 unspecified atom stereocenters. The molecule has 0 atom stereocenters. The Morgan fingerprint density at radius 2 is 2.11 bits per heavy atom. The van der Waals surface area contributed by atoms with Crippen molar-refractivity contribution in [1.29, 1.82) is 0 Å².